The Bertz CT molecular complexity index is 645. The fourth-order valence-corrected chi connectivity index (χ4v) is 2.67. The van der Waals surface area contributed by atoms with Crippen LogP contribution in [0.4, 0.5) is 5.82 Å². The molecule has 2 N–H and O–H groups in total. The van der Waals surface area contributed by atoms with E-state index in [-0.39, 0.29) is 12.0 Å². The second kappa shape index (κ2) is 6.58. The highest BCUT2D eigenvalue weighted by Crippen LogP contribution is 2.15. The van der Waals surface area contributed by atoms with Gasteiger partial charge in [0.15, 0.2) is 0 Å². The fraction of sp³-hybridized carbons (Fsp3) is 0.294. The molecule has 1 aliphatic heterocycles. The number of hydrogen-bond donors (Lipinski definition) is 1. The van der Waals surface area contributed by atoms with E-state index in [9.17, 15) is 4.79 Å². The van der Waals surface area contributed by atoms with Crippen LogP contribution in [0.2, 0.25) is 0 Å². The highest BCUT2D eigenvalue weighted by molar-refractivity contribution is 5.94. The number of aromatic nitrogens is 1. The van der Waals surface area contributed by atoms with Crippen molar-refractivity contribution in [2.45, 2.75) is 12.5 Å². The standard InChI is InChI=1S/C17H19N3O2/c18-16-11-14(6-7-19-16)17(21)20-8-9-22-15(12-20)10-13-4-2-1-3-5-13/h1-7,11,15H,8-10,12H2,(H2,18,19). The van der Waals surface area contributed by atoms with Gasteiger partial charge in [0, 0.05) is 31.3 Å². The van der Waals surface area contributed by atoms with Gasteiger partial charge in [0.1, 0.15) is 5.82 Å². The predicted molar refractivity (Wildman–Crippen MR) is 84.4 cm³/mol. The molecule has 1 amide bonds. The number of carbonyl (C=O) groups is 1. The van der Waals surface area contributed by atoms with Crippen LogP contribution >= 0.6 is 0 Å². The number of rotatable bonds is 3. The summed E-state index contributed by atoms with van der Waals surface area (Å²) in [6, 6.07) is 13.5. The second-order valence-electron chi connectivity index (χ2n) is 5.40. The van der Waals surface area contributed by atoms with Crippen LogP contribution in [-0.4, -0.2) is 41.6 Å². The molecule has 2 heterocycles. The molecule has 1 unspecified atom stereocenters. The van der Waals surface area contributed by atoms with Gasteiger partial charge >= 0.3 is 0 Å². The molecule has 114 valence electrons. The molecule has 1 saturated heterocycles. The van der Waals surface area contributed by atoms with Crippen LogP contribution in [-0.2, 0) is 11.2 Å². The molecule has 0 radical (unpaired) electrons. The Morgan fingerprint density at radius 1 is 1.32 bits per heavy atom. The van der Waals surface area contributed by atoms with Gasteiger partial charge < -0.3 is 15.4 Å². The maximum Gasteiger partial charge on any atom is 0.254 e. The Kier molecular flexibility index (Phi) is 4.34. The normalized spacial score (nSPS) is 18.2. The largest absolute Gasteiger partial charge is 0.384 e. The number of anilines is 1. The number of benzene rings is 1. The lowest BCUT2D eigenvalue weighted by Gasteiger charge is -2.33. The third-order valence-electron chi connectivity index (χ3n) is 3.76. The van der Waals surface area contributed by atoms with Gasteiger partial charge in [0.25, 0.3) is 5.91 Å². The number of nitrogens with two attached hydrogens (primary N) is 1. The topological polar surface area (TPSA) is 68.5 Å². The monoisotopic (exact) mass is 297 g/mol. The highest BCUT2D eigenvalue weighted by atomic mass is 16.5. The minimum atomic E-state index is -0.0181. The summed E-state index contributed by atoms with van der Waals surface area (Å²) < 4.78 is 5.79. The van der Waals surface area contributed by atoms with Crippen molar-refractivity contribution in [3.05, 3.63) is 59.8 Å². The number of carbonyl (C=O) groups excluding carboxylic acids is 1. The first-order valence-corrected chi connectivity index (χ1v) is 7.39. The molecule has 22 heavy (non-hydrogen) atoms. The molecule has 1 atom stereocenters. The van der Waals surface area contributed by atoms with E-state index < -0.39 is 0 Å². The zero-order valence-electron chi connectivity index (χ0n) is 12.3. The molecular formula is C17H19N3O2. The summed E-state index contributed by atoms with van der Waals surface area (Å²) in [7, 11) is 0. The first-order valence-electron chi connectivity index (χ1n) is 7.39. The molecule has 0 bridgehead atoms. The van der Waals surface area contributed by atoms with Crippen molar-refractivity contribution in [1.82, 2.24) is 9.88 Å². The highest BCUT2D eigenvalue weighted by Gasteiger charge is 2.25. The van der Waals surface area contributed by atoms with Crippen molar-refractivity contribution in [1.29, 1.82) is 0 Å². The molecule has 3 rings (SSSR count). The average molecular weight is 297 g/mol. The van der Waals surface area contributed by atoms with Crippen molar-refractivity contribution in [3.8, 4) is 0 Å². The van der Waals surface area contributed by atoms with E-state index in [1.165, 1.54) is 5.56 Å². The number of nitrogens with zero attached hydrogens (tertiary/aromatic N) is 2. The molecule has 5 nitrogen and oxygen atoms in total. The predicted octanol–water partition coefficient (Wildman–Crippen LogP) is 1.75. The number of morpholine rings is 1. The van der Waals surface area contributed by atoms with Gasteiger partial charge in [-0.3, -0.25) is 4.79 Å². The SMILES string of the molecule is Nc1cc(C(=O)N2CCOC(Cc3ccccc3)C2)ccn1. The number of pyridine rings is 1. The zero-order valence-corrected chi connectivity index (χ0v) is 12.3. The van der Waals surface area contributed by atoms with Gasteiger partial charge in [-0.15, -0.1) is 0 Å². The molecule has 0 spiro atoms. The average Bonchev–Trinajstić information content (AvgIpc) is 2.55. The number of hydrogen-bond acceptors (Lipinski definition) is 4. The lowest BCUT2D eigenvalue weighted by Crippen LogP contribution is -2.46. The van der Waals surface area contributed by atoms with Crippen molar-refractivity contribution in [3.63, 3.8) is 0 Å². The summed E-state index contributed by atoms with van der Waals surface area (Å²) in [6.45, 7) is 1.76. The third kappa shape index (κ3) is 3.43. The minimum Gasteiger partial charge on any atom is -0.384 e. The third-order valence-corrected chi connectivity index (χ3v) is 3.76. The second-order valence-corrected chi connectivity index (χ2v) is 5.40. The van der Waals surface area contributed by atoms with Crippen molar-refractivity contribution >= 4 is 11.7 Å². The van der Waals surface area contributed by atoms with E-state index in [4.69, 9.17) is 10.5 Å². The molecule has 1 fully saturated rings. The first-order chi connectivity index (χ1) is 10.7. The number of ether oxygens (including phenoxy) is 1. The van der Waals surface area contributed by atoms with Crippen LogP contribution in [0.1, 0.15) is 15.9 Å². The van der Waals surface area contributed by atoms with E-state index in [1.807, 2.05) is 23.1 Å². The maximum atomic E-state index is 12.5. The molecule has 1 aliphatic rings. The van der Waals surface area contributed by atoms with E-state index in [2.05, 4.69) is 17.1 Å². The Morgan fingerprint density at radius 3 is 2.91 bits per heavy atom. The van der Waals surface area contributed by atoms with Gasteiger partial charge in [0.05, 0.1) is 12.7 Å². The van der Waals surface area contributed by atoms with Crippen molar-refractivity contribution in [2.75, 3.05) is 25.4 Å². The molecule has 0 saturated carbocycles. The Labute approximate surface area is 129 Å². The van der Waals surface area contributed by atoms with E-state index >= 15 is 0 Å². The van der Waals surface area contributed by atoms with Crippen LogP contribution in [0, 0.1) is 0 Å². The molecule has 1 aromatic heterocycles. The van der Waals surface area contributed by atoms with Gasteiger partial charge in [-0.1, -0.05) is 30.3 Å². The Hall–Kier alpha value is -2.40. The Balaban J connectivity index is 1.66. The van der Waals surface area contributed by atoms with Crippen LogP contribution in [0.15, 0.2) is 48.7 Å². The van der Waals surface area contributed by atoms with Gasteiger partial charge in [-0.25, -0.2) is 4.98 Å². The van der Waals surface area contributed by atoms with E-state index in [0.29, 0.717) is 31.1 Å². The zero-order chi connectivity index (χ0) is 15.4. The fourth-order valence-electron chi connectivity index (χ4n) is 2.67. The quantitative estimate of drug-likeness (QED) is 0.937. The smallest absolute Gasteiger partial charge is 0.254 e. The summed E-state index contributed by atoms with van der Waals surface area (Å²) in [5.41, 5.74) is 7.44. The van der Waals surface area contributed by atoms with E-state index in [0.717, 1.165) is 6.42 Å². The summed E-state index contributed by atoms with van der Waals surface area (Å²) >= 11 is 0. The Morgan fingerprint density at radius 2 is 2.14 bits per heavy atom. The molecule has 2 aromatic rings. The van der Waals surface area contributed by atoms with Crippen molar-refractivity contribution < 1.29 is 9.53 Å². The summed E-state index contributed by atoms with van der Waals surface area (Å²) in [5.74, 6) is 0.343. The van der Waals surface area contributed by atoms with E-state index in [1.54, 1.807) is 18.3 Å². The summed E-state index contributed by atoms with van der Waals surface area (Å²) in [6.07, 6.45) is 2.40. The van der Waals surface area contributed by atoms with Gasteiger partial charge in [-0.2, -0.15) is 0 Å². The van der Waals surface area contributed by atoms with Crippen LogP contribution in [0.25, 0.3) is 0 Å². The molecule has 1 aromatic carbocycles. The maximum absolute atomic E-state index is 12.5. The minimum absolute atomic E-state index is 0.0181. The molecular weight excluding hydrogens is 278 g/mol. The van der Waals surface area contributed by atoms with Crippen LogP contribution < -0.4 is 5.73 Å². The van der Waals surface area contributed by atoms with Gasteiger partial charge in [-0.05, 0) is 17.7 Å². The lowest BCUT2D eigenvalue weighted by atomic mass is 10.1. The molecule has 5 heteroatoms. The lowest BCUT2D eigenvalue weighted by molar-refractivity contribution is -0.0208. The van der Waals surface area contributed by atoms with Gasteiger partial charge in [0.2, 0.25) is 0 Å². The van der Waals surface area contributed by atoms with Crippen LogP contribution in [0.3, 0.4) is 0 Å². The van der Waals surface area contributed by atoms with Crippen LogP contribution in [0.5, 0.6) is 0 Å². The first kappa shape index (κ1) is 14.5. The van der Waals surface area contributed by atoms with Crippen molar-refractivity contribution in [2.24, 2.45) is 0 Å². The molecule has 0 aliphatic carbocycles. The summed E-state index contributed by atoms with van der Waals surface area (Å²) in [4.78, 5) is 18.3. The number of amides is 1. The summed E-state index contributed by atoms with van der Waals surface area (Å²) in [5, 5.41) is 0. The number of nitrogen functional groups attached to an aromatic ring is 1.